The highest BCUT2D eigenvalue weighted by atomic mass is 35.5. The summed E-state index contributed by atoms with van der Waals surface area (Å²) in [6.07, 6.45) is 0. The quantitative estimate of drug-likeness (QED) is 0.830. The number of aliphatic carboxylic acids is 1. The number of rotatable bonds is 4. The fourth-order valence-electron chi connectivity index (χ4n) is 1.80. The lowest BCUT2D eigenvalue weighted by molar-refractivity contribution is -0.138. The van der Waals surface area contributed by atoms with Gasteiger partial charge in [-0.3, -0.25) is 9.59 Å². The van der Waals surface area contributed by atoms with E-state index in [1.807, 2.05) is 0 Å². The molecule has 0 fully saturated rings. The minimum atomic E-state index is -0.905. The third-order valence-corrected chi connectivity index (χ3v) is 3.45. The Bertz CT molecular complexity index is 697. The number of carboxylic acid groups (broad SMARTS) is 1. The Kier molecular flexibility index (Phi) is 5.00. The van der Waals surface area contributed by atoms with E-state index in [4.69, 9.17) is 28.3 Å². The van der Waals surface area contributed by atoms with Gasteiger partial charge in [-0.15, -0.1) is 0 Å². The first-order valence-corrected chi connectivity index (χ1v) is 7.09. The molecule has 0 saturated heterocycles. The molecule has 22 heavy (non-hydrogen) atoms. The van der Waals surface area contributed by atoms with Crippen molar-refractivity contribution in [3.05, 3.63) is 57.8 Å². The number of halogens is 2. The monoisotopic (exact) mass is 338 g/mol. The highest BCUT2D eigenvalue weighted by molar-refractivity contribution is 6.33. The van der Waals surface area contributed by atoms with Crippen molar-refractivity contribution in [3.63, 3.8) is 0 Å². The van der Waals surface area contributed by atoms with E-state index < -0.39 is 11.9 Å². The van der Waals surface area contributed by atoms with Crippen molar-refractivity contribution >= 4 is 40.8 Å². The number of hydrogen-bond donors (Lipinski definition) is 2. The fraction of sp³-hybridized carbons (Fsp3) is 0.133. The molecular formula is C15H12Cl2N2O3. The first kappa shape index (κ1) is 16.3. The van der Waals surface area contributed by atoms with Gasteiger partial charge in [0.15, 0.2) is 0 Å². The molecule has 0 spiro atoms. The van der Waals surface area contributed by atoms with Crippen LogP contribution in [0.1, 0.15) is 28.8 Å². The summed E-state index contributed by atoms with van der Waals surface area (Å²) in [5.41, 5.74) is 1.48. The van der Waals surface area contributed by atoms with Crippen LogP contribution >= 0.6 is 23.2 Å². The second-order valence-electron chi connectivity index (χ2n) is 4.64. The van der Waals surface area contributed by atoms with E-state index in [0.29, 0.717) is 11.3 Å². The van der Waals surface area contributed by atoms with Gasteiger partial charge in [0.2, 0.25) is 0 Å². The number of carboxylic acids is 1. The van der Waals surface area contributed by atoms with E-state index in [1.165, 1.54) is 12.1 Å². The molecular weight excluding hydrogens is 327 g/mol. The van der Waals surface area contributed by atoms with E-state index in [2.05, 4.69) is 10.3 Å². The number of carbonyl (C=O) groups is 2. The van der Waals surface area contributed by atoms with Gasteiger partial charge in [-0.2, -0.15) is 0 Å². The summed E-state index contributed by atoms with van der Waals surface area (Å²) in [5, 5.41) is 11.9. The van der Waals surface area contributed by atoms with Crippen LogP contribution in [-0.2, 0) is 4.79 Å². The molecule has 2 N–H and O–H groups in total. The summed E-state index contributed by atoms with van der Waals surface area (Å²) in [7, 11) is 0. The van der Waals surface area contributed by atoms with Crippen LogP contribution in [0.5, 0.6) is 0 Å². The zero-order chi connectivity index (χ0) is 16.3. The number of pyridine rings is 1. The predicted octanol–water partition coefficient (Wildman–Crippen LogP) is 3.83. The summed E-state index contributed by atoms with van der Waals surface area (Å²) in [6.45, 7) is 1.59. The molecule has 2 aromatic rings. The molecule has 0 bridgehead atoms. The van der Waals surface area contributed by atoms with Crippen LogP contribution in [0.3, 0.4) is 0 Å². The highest BCUT2D eigenvalue weighted by Crippen LogP contribution is 2.20. The number of nitrogens with one attached hydrogen (secondary N) is 1. The fourth-order valence-corrected chi connectivity index (χ4v) is 2.26. The smallest absolute Gasteiger partial charge is 0.310 e. The van der Waals surface area contributed by atoms with Crippen molar-refractivity contribution in [2.45, 2.75) is 12.8 Å². The Morgan fingerprint density at radius 1 is 1.14 bits per heavy atom. The summed E-state index contributed by atoms with van der Waals surface area (Å²) in [4.78, 5) is 26.8. The zero-order valence-electron chi connectivity index (χ0n) is 11.5. The van der Waals surface area contributed by atoms with Gasteiger partial charge in [0, 0.05) is 11.3 Å². The van der Waals surface area contributed by atoms with Crippen LogP contribution < -0.4 is 5.32 Å². The molecule has 1 amide bonds. The standard InChI is InChI=1S/C15H12Cl2N2O3/c1-8(15(21)22)9-2-4-11(5-3-9)18-14(20)10-6-12(16)19-13(17)7-10/h2-8H,1H3,(H,18,20)(H,21,22). The third kappa shape index (κ3) is 3.96. The Balaban J connectivity index is 2.13. The number of hydrogen-bond acceptors (Lipinski definition) is 3. The molecule has 1 unspecified atom stereocenters. The number of benzene rings is 1. The second kappa shape index (κ2) is 6.77. The molecule has 2 rings (SSSR count). The maximum atomic E-state index is 12.1. The Morgan fingerprint density at radius 3 is 2.18 bits per heavy atom. The zero-order valence-corrected chi connectivity index (χ0v) is 13.0. The van der Waals surface area contributed by atoms with Crippen molar-refractivity contribution < 1.29 is 14.7 Å². The number of amides is 1. The Hall–Kier alpha value is -2.11. The predicted molar refractivity (Wildman–Crippen MR) is 84.7 cm³/mol. The third-order valence-electron chi connectivity index (χ3n) is 3.06. The van der Waals surface area contributed by atoms with Crippen molar-refractivity contribution in [2.75, 3.05) is 5.32 Å². The van der Waals surface area contributed by atoms with Gasteiger partial charge in [0.1, 0.15) is 10.3 Å². The number of anilines is 1. The summed E-state index contributed by atoms with van der Waals surface area (Å²) in [5.74, 6) is -1.90. The van der Waals surface area contributed by atoms with E-state index >= 15 is 0 Å². The highest BCUT2D eigenvalue weighted by Gasteiger charge is 2.14. The number of aromatic nitrogens is 1. The lowest BCUT2D eigenvalue weighted by atomic mass is 10.0. The molecule has 1 atom stereocenters. The normalized spacial score (nSPS) is 11.8. The minimum absolute atomic E-state index is 0.128. The van der Waals surface area contributed by atoms with E-state index in [-0.39, 0.29) is 21.8 Å². The minimum Gasteiger partial charge on any atom is -0.481 e. The van der Waals surface area contributed by atoms with Crippen LogP contribution in [0.25, 0.3) is 0 Å². The Morgan fingerprint density at radius 2 is 1.68 bits per heavy atom. The molecule has 114 valence electrons. The van der Waals surface area contributed by atoms with Crippen molar-refractivity contribution in [1.29, 1.82) is 0 Å². The molecule has 0 aliphatic rings. The van der Waals surface area contributed by atoms with Crippen LogP contribution in [0.4, 0.5) is 5.69 Å². The summed E-state index contributed by atoms with van der Waals surface area (Å²) < 4.78 is 0. The molecule has 1 aromatic carbocycles. The van der Waals surface area contributed by atoms with Gasteiger partial charge < -0.3 is 10.4 Å². The largest absolute Gasteiger partial charge is 0.481 e. The first-order chi connectivity index (χ1) is 10.4. The topological polar surface area (TPSA) is 79.3 Å². The van der Waals surface area contributed by atoms with Gasteiger partial charge in [0.25, 0.3) is 5.91 Å². The molecule has 1 heterocycles. The molecule has 0 aliphatic carbocycles. The lowest BCUT2D eigenvalue weighted by Crippen LogP contribution is -2.12. The number of carbonyl (C=O) groups excluding carboxylic acids is 1. The average molecular weight is 339 g/mol. The molecule has 1 aromatic heterocycles. The van der Waals surface area contributed by atoms with Gasteiger partial charge >= 0.3 is 5.97 Å². The van der Waals surface area contributed by atoms with Crippen molar-refractivity contribution in [2.24, 2.45) is 0 Å². The van der Waals surface area contributed by atoms with E-state index in [9.17, 15) is 9.59 Å². The van der Waals surface area contributed by atoms with Crippen molar-refractivity contribution in [3.8, 4) is 0 Å². The first-order valence-electron chi connectivity index (χ1n) is 6.34. The Labute approximate surface area is 136 Å². The number of nitrogens with zero attached hydrogens (tertiary/aromatic N) is 1. The van der Waals surface area contributed by atoms with E-state index in [1.54, 1.807) is 31.2 Å². The van der Waals surface area contributed by atoms with E-state index in [0.717, 1.165) is 0 Å². The second-order valence-corrected chi connectivity index (χ2v) is 5.41. The molecule has 7 heteroatoms. The van der Waals surface area contributed by atoms with Gasteiger partial charge in [-0.05, 0) is 36.8 Å². The van der Waals surface area contributed by atoms with Gasteiger partial charge in [0.05, 0.1) is 5.92 Å². The SMILES string of the molecule is CC(C(=O)O)c1ccc(NC(=O)c2cc(Cl)nc(Cl)c2)cc1. The van der Waals surface area contributed by atoms with Gasteiger partial charge in [-0.1, -0.05) is 35.3 Å². The summed E-state index contributed by atoms with van der Waals surface area (Å²) in [6, 6.07) is 9.39. The summed E-state index contributed by atoms with van der Waals surface area (Å²) >= 11 is 11.5. The molecule has 0 radical (unpaired) electrons. The average Bonchev–Trinajstić information content (AvgIpc) is 2.46. The van der Waals surface area contributed by atoms with Crippen LogP contribution in [-0.4, -0.2) is 22.0 Å². The van der Waals surface area contributed by atoms with Gasteiger partial charge in [-0.25, -0.2) is 4.98 Å². The van der Waals surface area contributed by atoms with Crippen LogP contribution in [0, 0.1) is 0 Å². The molecule has 0 saturated carbocycles. The maximum Gasteiger partial charge on any atom is 0.310 e. The van der Waals surface area contributed by atoms with Crippen LogP contribution in [0.2, 0.25) is 10.3 Å². The maximum absolute atomic E-state index is 12.1. The molecule has 5 nitrogen and oxygen atoms in total. The molecule has 0 aliphatic heterocycles. The van der Waals surface area contributed by atoms with Crippen LogP contribution in [0.15, 0.2) is 36.4 Å². The lowest BCUT2D eigenvalue weighted by Gasteiger charge is -2.09. The van der Waals surface area contributed by atoms with Crippen molar-refractivity contribution in [1.82, 2.24) is 4.98 Å².